The Morgan fingerprint density at radius 3 is 2.69 bits per heavy atom. The summed E-state index contributed by atoms with van der Waals surface area (Å²) in [4.78, 5) is 19.1. The molecule has 1 aliphatic heterocycles. The van der Waals surface area contributed by atoms with Gasteiger partial charge < -0.3 is 11.1 Å². The highest BCUT2D eigenvalue weighted by Gasteiger charge is 2.14. The third-order valence-electron chi connectivity index (χ3n) is 4.02. The Bertz CT molecular complexity index is 721. The van der Waals surface area contributed by atoms with Gasteiger partial charge >= 0.3 is 0 Å². The van der Waals surface area contributed by atoms with Crippen molar-refractivity contribution in [2.24, 2.45) is 5.73 Å². The van der Waals surface area contributed by atoms with E-state index in [2.05, 4.69) is 33.4 Å². The number of thiazole rings is 1. The molecule has 3 N–H and O–H groups in total. The molecule has 1 saturated heterocycles. The van der Waals surface area contributed by atoms with E-state index in [0.29, 0.717) is 12.2 Å². The van der Waals surface area contributed by atoms with E-state index in [9.17, 15) is 4.79 Å². The van der Waals surface area contributed by atoms with Crippen molar-refractivity contribution in [3.63, 3.8) is 0 Å². The Kier molecular flexibility index (Phi) is 9.92. The molecule has 0 atom stereocenters. The summed E-state index contributed by atoms with van der Waals surface area (Å²) in [5, 5.41) is 5.51. The molecular weight excluding hydrogens is 411 g/mol. The van der Waals surface area contributed by atoms with Crippen LogP contribution in [0.1, 0.15) is 26.6 Å². The minimum atomic E-state index is -0.180. The molecule has 0 spiro atoms. The number of halogens is 2. The smallest absolute Gasteiger partial charge is 0.275 e. The van der Waals surface area contributed by atoms with Crippen LogP contribution in [0, 0.1) is 6.92 Å². The van der Waals surface area contributed by atoms with Gasteiger partial charge in [0.1, 0.15) is 10.7 Å². The van der Waals surface area contributed by atoms with Crippen LogP contribution < -0.4 is 11.1 Å². The van der Waals surface area contributed by atoms with Gasteiger partial charge in [-0.3, -0.25) is 9.69 Å². The first-order chi connectivity index (χ1) is 11.7. The lowest BCUT2D eigenvalue weighted by Gasteiger charge is -2.26. The number of aromatic nitrogens is 1. The maximum absolute atomic E-state index is 12.4. The summed E-state index contributed by atoms with van der Waals surface area (Å²) in [6.45, 7) is 5.55. The molecule has 0 aliphatic carbocycles. The predicted octanol–water partition coefficient (Wildman–Crippen LogP) is 3.55. The van der Waals surface area contributed by atoms with Crippen LogP contribution in [0.15, 0.2) is 23.6 Å². The fraction of sp³-hybridized carbons (Fsp3) is 0.412. The second kappa shape index (κ2) is 11.1. The van der Waals surface area contributed by atoms with Crippen molar-refractivity contribution in [3.05, 3.63) is 45.4 Å². The van der Waals surface area contributed by atoms with Crippen LogP contribution >= 0.6 is 47.9 Å². The summed E-state index contributed by atoms with van der Waals surface area (Å²) in [5.74, 6) is 2.21. The Morgan fingerprint density at radius 1 is 1.31 bits per heavy atom. The number of nitrogens with zero attached hydrogens (tertiary/aromatic N) is 2. The number of rotatable bonds is 5. The molecule has 9 heteroatoms. The van der Waals surface area contributed by atoms with E-state index in [-0.39, 0.29) is 30.7 Å². The third-order valence-corrected chi connectivity index (χ3v) is 5.83. The molecule has 1 amide bonds. The maximum atomic E-state index is 12.4. The van der Waals surface area contributed by atoms with Crippen molar-refractivity contribution in [1.82, 2.24) is 9.88 Å². The van der Waals surface area contributed by atoms with Gasteiger partial charge in [0.15, 0.2) is 0 Å². The molecule has 26 heavy (non-hydrogen) atoms. The fourth-order valence-electron chi connectivity index (χ4n) is 2.61. The van der Waals surface area contributed by atoms with Gasteiger partial charge in [-0.25, -0.2) is 4.98 Å². The van der Waals surface area contributed by atoms with Crippen LogP contribution in [0.5, 0.6) is 0 Å². The van der Waals surface area contributed by atoms with Gasteiger partial charge in [0.2, 0.25) is 0 Å². The lowest BCUT2D eigenvalue weighted by atomic mass is 10.1. The van der Waals surface area contributed by atoms with Crippen LogP contribution in [0.3, 0.4) is 0 Å². The Morgan fingerprint density at radius 2 is 2.04 bits per heavy atom. The molecule has 1 aliphatic rings. The summed E-state index contributed by atoms with van der Waals surface area (Å²) in [7, 11) is 0. The number of carbonyl (C=O) groups is 1. The first kappa shape index (κ1) is 23.2. The molecule has 0 radical (unpaired) electrons. The van der Waals surface area contributed by atoms with E-state index >= 15 is 0 Å². The van der Waals surface area contributed by atoms with Crippen molar-refractivity contribution in [2.75, 3.05) is 29.9 Å². The van der Waals surface area contributed by atoms with E-state index in [1.807, 2.05) is 18.7 Å². The molecule has 144 valence electrons. The molecule has 0 saturated carbocycles. The quantitative estimate of drug-likeness (QED) is 0.752. The number of hydrogen-bond donors (Lipinski definition) is 2. The standard InChI is InChI=1S/C17H22N4OS2.2ClH/c1-12-2-3-13(10-21-4-6-23-7-5-21)8-14(12)20-17(22)15-11-24-16(9-18)19-15;;/h2-3,8,11H,4-7,9-10,18H2,1H3,(H,20,22);2*1H. The highest BCUT2D eigenvalue weighted by Crippen LogP contribution is 2.21. The van der Waals surface area contributed by atoms with Crippen molar-refractivity contribution in [1.29, 1.82) is 0 Å². The van der Waals surface area contributed by atoms with E-state index in [4.69, 9.17) is 5.73 Å². The number of anilines is 1. The molecule has 1 aromatic heterocycles. The molecule has 0 bridgehead atoms. The molecule has 5 nitrogen and oxygen atoms in total. The number of nitrogens with two attached hydrogens (primary N) is 1. The maximum Gasteiger partial charge on any atom is 0.275 e. The number of hydrogen-bond acceptors (Lipinski definition) is 6. The minimum absolute atomic E-state index is 0. The second-order valence-electron chi connectivity index (χ2n) is 5.82. The van der Waals surface area contributed by atoms with Crippen LogP contribution in [-0.4, -0.2) is 40.4 Å². The van der Waals surface area contributed by atoms with Gasteiger partial charge in [0.25, 0.3) is 5.91 Å². The lowest BCUT2D eigenvalue weighted by Crippen LogP contribution is -2.32. The highest BCUT2D eigenvalue weighted by atomic mass is 35.5. The molecule has 1 fully saturated rings. The molecular formula is C17H24Cl2N4OS2. The summed E-state index contributed by atoms with van der Waals surface area (Å²) in [6.07, 6.45) is 0. The van der Waals surface area contributed by atoms with Gasteiger partial charge in [-0.15, -0.1) is 36.2 Å². The van der Waals surface area contributed by atoms with Crippen LogP contribution in [0.25, 0.3) is 0 Å². The van der Waals surface area contributed by atoms with Crippen LogP contribution in [0.2, 0.25) is 0 Å². The van der Waals surface area contributed by atoms with E-state index in [1.165, 1.54) is 28.4 Å². The summed E-state index contributed by atoms with van der Waals surface area (Å²) >= 11 is 3.42. The summed E-state index contributed by atoms with van der Waals surface area (Å²) < 4.78 is 0. The average molecular weight is 435 g/mol. The van der Waals surface area contributed by atoms with E-state index in [1.54, 1.807) is 5.38 Å². The van der Waals surface area contributed by atoms with Crippen LogP contribution in [0.4, 0.5) is 5.69 Å². The fourth-order valence-corrected chi connectivity index (χ4v) is 4.25. The number of carbonyl (C=O) groups excluding carboxylic acids is 1. The number of nitrogens with one attached hydrogen (secondary N) is 1. The number of amides is 1. The van der Waals surface area contributed by atoms with Crippen molar-refractivity contribution < 1.29 is 4.79 Å². The third kappa shape index (κ3) is 6.11. The Balaban J connectivity index is 0.00000169. The zero-order valence-corrected chi connectivity index (χ0v) is 17.8. The molecule has 2 aromatic rings. The van der Waals surface area contributed by atoms with Gasteiger partial charge in [-0.05, 0) is 24.1 Å². The van der Waals surface area contributed by atoms with E-state index in [0.717, 1.165) is 35.9 Å². The average Bonchev–Trinajstić information content (AvgIpc) is 3.08. The van der Waals surface area contributed by atoms with Crippen molar-refractivity contribution >= 4 is 59.5 Å². The summed E-state index contributed by atoms with van der Waals surface area (Å²) in [5.41, 5.74) is 9.12. The largest absolute Gasteiger partial charge is 0.325 e. The van der Waals surface area contributed by atoms with Gasteiger partial charge in [0, 0.05) is 48.8 Å². The van der Waals surface area contributed by atoms with Crippen LogP contribution in [-0.2, 0) is 13.1 Å². The highest BCUT2D eigenvalue weighted by molar-refractivity contribution is 7.99. The van der Waals surface area contributed by atoms with Gasteiger partial charge in [-0.2, -0.15) is 11.8 Å². The number of aryl methyl sites for hydroxylation is 1. The monoisotopic (exact) mass is 434 g/mol. The Labute approximate surface area is 175 Å². The molecule has 3 rings (SSSR count). The minimum Gasteiger partial charge on any atom is -0.325 e. The second-order valence-corrected chi connectivity index (χ2v) is 7.99. The van der Waals surface area contributed by atoms with Crippen molar-refractivity contribution in [3.8, 4) is 0 Å². The molecule has 0 unspecified atom stereocenters. The zero-order valence-electron chi connectivity index (χ0n) is 14.6. The van der Waals surface area contributed by atoms with E-state index < -0.39 is 0 Å². The Hall–Kier alpha value is -0.830. The van der Waals surface area contributed by atoms with Gasteiger partial charge in [-0.1, -0.05) is 12.1 Å². The molecule has 2 heterocycles. The lowest BCUT2D eigenvalue weighted by molar-refractivity contribution is 0.102. The predicted molar refractivity (Wildman–Crippen MR) is 116 cm³/mol. The summed E-state index contributed by atoms with van der Waals surface area (Å²) in [6, 6.07) is 6.28. The first-order valence-electron chi connectivity index (χ1n) is 8.01. The topological polar surface area (TPSA) is 71.2 Å². The first-order valence-corrected chi connectivity index (χ1v) is 10.0. The SMILES string of the molecule is Cc1ccc(CN2CCSCC2)cc1NC(=O)c1csc(CN)n1.Cl.Cl. The normalized spacial score (nSPS) is 14.2. The van der Waals surface area contributed by atoms with Crippen molar-refractivity contribution in [2.45, 2.75) is 20.0 Å². The zero-order chi connectivity index (χ0) is 16.9. The number of thioether (sulfide) groups is 1. The number of benzene rings is 1. The van der Waals surface area contributed by atoms with Gasteiger partial charge in [0.05, 0.1) is 0 Å². The molecule has 1 aromatic carbocycles.